The molecule has 0 aliphatic carbocycles. The average Bonchev–Trinajstić information content (AvgIpc) is 2.46. The fourth-order valence-electron chi connectivity index (χ4n) is 1.97. The number of hydrogen-bond acceptors (Lipinski definition) is 3. The lowest BCUT2D eigenvalue weighted by Gasteiger charge is -2.53. The van der Waals surface area contributed by atoms with Gasteiger partial charge in [0.05, 0.1) is 28.6 Å². The summed E-state index contributed by atoms with van der Waals surface area (Å²) in [5.74, 6) is 0. The van der Waals surface area contributed by atoms with Gasteiger partial charge in [0.15, 0.2) is 0 Å². The van der Waals surface area contributed by atoms with E-state index >= 15 is 0 Å². The van der Waals surface area contributed by atoms with Crippen molar-refractivity contribution in [2.24, 2.45) is 0 Å². The van der Waals surface area contributed by atoms with Crippen LogP contribution in [0, 0.1) is 0 Å². The molecular formula is C6H16B3Cl6N3Si3. The van der Waals surface area contributed by atoms with Crippen molar-refractivity contribution >= 4 is 120 Å². The molecule has 0 saturated carbocycles. The molecular weight excluding hydrogens is 443 g/mol. The molecule has 0 bridgehead atoms. The minimum absolute atomic E-state index is 0.497. The Hall–Kier alpha value is 2.47. The van der Waals surface area contributed by atoms with Crippen molar-refractivity contribution < 1.29 is 0 Å². The molecule has 0 amide bonds. The van der Waals surface area contributed by atoms with Crippen LogP contribution in [-0.2, 0) is 0 Å². The molecule has 1 aliphatic rings. The topological polar surface area (TPSA) is 18.5 Å². The van der Waals surface area contributed by atoms with Gasteiger partial charge >= 0.3 is 6.98 Å². The largest absolute Gasteiger partial charge is 0.379 e. The summed E-state index contributed by atoms with van der Waals surface area (Å²) < 4.78 is 0.459. The molecule has 1 rings (SSSR count). The summed E-state index contributed by atoms with van der Waals surface area (Å²) in [5, 5.41) is 3.00. The number of halogens is 6. The van der Waals surface area contributed by atoms with E-state index in [0.29, 0.717) is 0 Å². The molecule has 0 spiro atoms. The maximum Gasteiger partial charge on any atom is 0.327 e. The van der Waals surface area contributed by atoms with Gasteiger partial charge in [0.1, 0.15) is 12.0 Å². The zero-order chi connectivity index (χ0) is 16.5. The Balaban J connectivity index is 3.26. The van der Waals surface area contributed by atoms with Crippen molar-refractivity contribution in [2.75, 3.05) is 0 Å². The van der Waals surface area contributed by atoms with Crippen LogP contribution in [0.15, 0.2) is 0 Å². The first-order valence-corrected chi connectivity index (χ1v) is 15.3. The molecule has 21 heavy (non-hydrogen) atoms. The Labute approximate surface area is 165 Å². The van der Waals surface area contributed by atoms with Gasteiger partial charge in [-0.25, -0.2) is 0 Å². The lowest BCUT2D eigenvalue weighted by Crippen LogP contribution is -2.79. The molecule has 3 nitrogen and oxygen atoms in total. The molecule has 0 atom stereocenters. The van der Waals surface area contributed by atoms with Gasteiger partial charge in [-0.3, -0.25) is 0 Å². The fraction of sp³-hybridized carbons (Fsp3) is 1.00. The van der Waals surface area contributed by atoms with E-state index in [1.165, 1.54) is 0 Å². The highest BCUT2D eigenvalue weighted by Gasteiger charge is 2.57. The molecule has 1 N–H and O–H groups in total. The molecule has 1 aliphatic heterocycles. The zero-order valence-electron chi connectivity index (χ0n) is 12.0. The maximum absolute atomic E-state index is 6.59. The summed E-state index contributed by atoms with van der Waals surface area (Å²) >= 11 is 39.1. The average molecular weight is 460 g/mol. The highest BCUT2D eigenvalue weighted by Crippen LogP contribution is 2.39. The molecule has 0 aromatic carbocycles. The maximum atomic E-state index is 6.59. The summed E-state index contributed by atoms with van der Waals surface area (Å²) in [6, 6.07) is 0. The molecule has 1 saturated heterocycles. The number of nitrogens with one attached hydrogen (secondary N) is 1. The number of hydrogen-bond donors (Lipinski definition) is 1. The van der Waals surface area contributed by atoms with Gasteiger partial charge in [0.2, 0.25) is 0 Å². The summed E-state index contributed by atoms with van der Waals surface area (Å²) in [4.78, 5) is 0. The van der Waals surface area contributed by atoms with Crippen LogP contribution in [0.4, 0.5) is 0 Å². The summed E-state index contributed by atoms with van der Waals surface area (Å²) in [6.45, 7) is 5.57. The second-order valence-corrected chi connectivity index (χ2v) is 17.2. The van der Waals surface area contributed by atoms with Gasteiger partial charge in [-0.2, -0.15) is 0 Å². The van der Waals surface area contributed by atoms with E-state index in [-0.39, 0.29) is 0 Å². The number of nitrogens with zero attached hydrogens (tertiary/aromatic N) is 2. The summed E-state index contributed by atoms with van der Waals surface area (Å²) in [7, 11) is 0.962. The van der Waals surface area contributed by atoms with Gasteiger partial charge in [0, 0.05) is 0 Å². The Morgan fingerprint density at radius 1 is 0.810 bits per heavy atom. The van der Waals surface area contributed by atoms with Crippen molar-refractivity contribution in [3.63, 3.8) is 0 Å². The smallest absolute Gasteiger partial charge is 0.327 e. The molecule has 1 fully saturated rings. The van der Waals surface area contributed by atoms with Crippen LogP contribution in [0.1, 0.15) is 0 Å². The second kappa shape index (κ2) is 8.23. The lowest BCUT2D eigenvalue weighted by atomic mass is 9.61. The highest BCUT2D eigenvalue weighted by atomic mass is 35.5. The second-order valence-electron chi connectivity index (χ2n) is 4.77. The van der Waals surface area contributed by atoms with Crippen LogP contribution >= 0.6 is 69.6 Å². The first-order chi connectivity index (χ1) is 9.53. The minimum atomic E-state index is -1.03. The van der Waals surface area contributed by atoms with Gasteiger partial charge in [-0.05, 0) is 0 Å². The van der Waals surface area contributed by atoms with Crippen molar-refractivity contribution in [3.8, 4) is 0 Å². The lowest BCUT2D eigenvalue weighted by molar-refractivity contribution is 0.535. The molecule has 1 heterocycles. The highest BCUT2D eigenvalue weighted by molar-refractivity contribution is 7.01. The monoisotopic (exact) mass is 457 g/mol. The van der Waals surface area contributed by atoms with Crippen molar-refractivity contribution in [3.05, 3.63) is 0 Å². The van der Waals surface area contributed by atoms with Gasteiger partial charge in [0.25, 0.3) is 15.1 Å². The third-order valence-corrected chi connectivity index (χ3v) is 13.1. The predicted octanol–water partition coefficient (Wildman–Crippen LogP) is 0.249. The van der Waals surface area contributed by atoms with Crippen LogP contribution in [0.2, 0.25) is 19.6 Å². The van der Waals surface area contributed by atoms with E-state index < -0.39 is 47.6 Å². The summed E-state index contributed by atoms with van der Waals surface area (Å²) in [5.41, 5.74) is 0. The first-order valence-electron chi connectivity index (χ1n) is 6.66. The SMILES string of the molecule is C[SiH2]C(Cl)(Cl)B1N(C(Cl)(Cl)[SiH2]C)[B]N[B]N1C(Cl)(Cl)[SiH2]C. The van der Waals surface area contributed by atoms with Crippen molar-refractivity contribution in [2.45, 2.75) is 31.7 Å². The Morgan fingerprint density at radius 2 is 1.19 bits per heavy atom. The van der Waals surface area contributed by atoms with Gasteiger partial charge < -0.3 is 14.6 Å². The van der Waals surface area contributed by atoms with Crippen molar-refractivity contribution in [1.82, 2.24) is 14.6 Å². The fourth-order valence-corrected chi connectivity index (χ4v) is 4.97. The quantitative estimate of drug-likeness (QED) is 0.349. The number of rotatable bonds is 6. The Bertz CT molecular complexity index is 344. The van der Waals surface area contributed by atoms with Gasteiger partial charge in [-0.15, -0.1) is 23.2 Å². The zero-order valence-corrected chi connectivity index (χ0v) is 20.8. The molecule has 118 valence electrons. The van der Waals surface area contributed by atoms with Crippen LogP contribution in [0.5, 0.6) is 0 Å². The van der Waals surface area contributed by atoms with Crippen molar-refractivity contribution in [1.29, 1.82) is 0 Å². The molecule has 0 aromatic heterocycles. The van der Waals surface area contributed by atoms with Crippen LogP contribution in [-0.4, -0.2) is 72.1 Å². The van der Waals surface area contributed by atoms with Crippen LogP contribution < -0.4 is 5.14 Å². The number of alkyl halides is 6. The third-order valence-electron chi connectivity index (χ3n) is 3.41. The summed E-state index contributed by atoms with van der Waals surface area (Å²) in [6.07, 6.45) is 0. The molecule has 2 radical (unpaired) electrons. The van der Waals surface area contributed by atoms with E-state index in [1.54, 1.807) is 24.5 Å². The van der Waals surface area contributed by atoms with Crippen LogP contribution in [0.25, 0.3) is 0 Å². The van der Waals surface area contributed by atoms with E-state index in [0.717, 1.165) is 0 Å². The van der Waals surface area contributed by atoms with E-state index in [9.17, 15) is 0 Å². The molecule has 0 unspecified atom stereocenters. The van der Waals surface area contributed by atoms with Gasteiger partial charge in [-0.1, -0.05) is 66.0 Å². The van der Waals surface area contributed by atoms with E-state index in [4.69, 9.17) is 69.6 Å². The predicted molar refractivity (Wildman–Crippen MR) is 111 cm³/mol. The normalized spacial score (nSPS) is 21.1. The van der Waals surface area contributed by atoms with E-state index in [2.05, 4.69) is 5.14 Å². The third kappa shape index (κ3) is 4.98. The Kier molecular flexibility index (Phi) is 8.43. The molecule has 15 heteroatoms. The van der Waals surface area contributed by atoms with E-state index in [1.807, 2.05) is 19.6 Å². The first kappa shape index (κ1) is 21.5. The van der Waals surface area contributed by atoms with Crippen LogP contribution in [0.3, 0.4) is 0 Å². The minimum Gasteiger partial charge on any atom is -0.379 e. The standard InChI is InChI=1S/C6H16B3Cl6N3Si3/c1-19-4(10,11)9-17(5(12,13)20-2)7-16-8-18(9)6(14,15)21-3/h16H,19-21H2,1-3H3. The molecule has 0 aromatic rings. The Morgan fingerprint density at radius 3 is 1.48 bits per heavy atom.